The van der Waals surface area contributed by atoms with E-state index in [1.165, 1.54) is 17.7 Å². The van der Waals surface area contributed by atoms with Gasteiger partial charge in [-0.15, -0.1) is 0 Å². The van der Waals surface area contributed by atoms with Crippen molar-refractivity contribution in [3.63, 3.8) is 0 Å². The highest BCUT2D eigenvalue weighted by atomic mass is 35.5. The van der Waals surface area contributed by atoms with Crippen LogP contribution in [0.15, 0.2) is 42.5 Å². The Hall–Kier alpha value is -2.04. The zero-order valence-electron chi connectivity index (χ0n) is 14.9. The number of hydrogen-bond donors (Lipinski definition) is 1. The quantitative estimate of drug-likeness (QED) is 0.744. The molecular weight excluding hydrogens is 373 g/mol. The summed E-state index contributed by atoms with van der Waals surface area (Å²) in [6, 6.07) is 12.4. The number of carbonyl (C=O) groups is 2. The van der Waals surface area contributed by atoms with Crippen molar-refractivity contribution in [2.24, 2.45) is 0 Å². The normalized spacial score (nSPS) is 11.1. The minimum atomic E-state index is -0.525. The van der Waals surface area contributed by atoms with E-state index in [1.54, 1.807) is 6.07 Å². The van der Waals surface area contributed by atoms with Crippen LogP contribution in [0.5, 0.6) is 0 Å². The highest BCUT2D eigenvalue weighted by Gasteiger charge is 2.14. The summed E-state index contributed by atoms with van der Waals surface area (Å²) in [6.07, 6.45) is 0. The Balaban J connectivity index is 1.82. The lowest BCUT2D eigenvalue weighted by Crippen LogP contribution is -2.30. The van der Waals surface area contributed by atoms with E-state index in [0.29, 0.717) is 5.02 Å². The van der Waals surface area contributed by atoms with Crippen LogP contribution >= 0.6 is 23.2 Å². The summed E-state index contributed by atoms with van der Waals surface area (Å²) >= 11 is 11.8. The number of amides is 1. The van der Waals surface area contributed by atoms with Gasteiger partial charge in [-0.25, -0.2) is 0 Å². The molecule has 0 heterocycles. The van der Waals surface area contributed by atoms with E-state index in [0.717, 1.165) is 5.56 Å². The van der Waals surface area contributed by atoms with Gasteiger partial charge < -0.3 is 10.1 Å². The Morgan fingerprint density at radius 1 is 1.04 bits per heavy atom. The first kappa shape index (κ1) is 20.3. The van der Waals surface area contributed by atoms with Gasteiger partial charge in [0.25, 0.3) is 5.91 Å². The second-order valence-electron chi connectivity index (χ2n) is 6.91. The highest BCUT2D eigenvalue weighted by Crippen LogP contribution is 2.22. The second kappa shape index (κ2) is 8.56. The number of benzene rings is 2. The Morgan fingerprint density at radius 3 is 2.27 bits per heavy atom. The Labute approximate surface area is 163 Å². The second-order valence-corrected chi connectivity index (χ2v) is 7.76. The van der Waals surface area contributed by atoms with Gasteiger partial charge in [-0.05, 0) is 34.7 Å². The highest BCUT2D eigenvalue weighted by molar-refractivity contribution is 6.36. The molecule has 1 amide bonds. The number of rotatable bonds is 5. The number of ether oxygens (including phenoxy) is 1. The Bertz CT molecular complexity index is 796. The maximum atomic E-state index is 12.0. The van der Waals surface area contributed by atoms with Gasteiger partial charge in [0.2, 0.25) is 0 Å². The molecule has 0 spiro atoms. The fourth-order valence-electron chi connectivity index (χ4n) is 2.24. The van der Waals surface area contributed by atoms with E-state index < -0.39 is 11.9 Å². The minimum absolute atomic E-state index is 0.0719. The molecule has 4 nitrogen and oxygen atoms in total. The van der Waals surface area contributed by atoms with Crippen molar-refractivity contribution in [2.75, 3.05) is 6.54 Å². The van der Waals surface area contributed by atoms with Crippen molar-refractivity contribution >= 4 is 35.1 Å². The van der Waals surface area contributed by atoms with Crippen LogP contribution in [0.3, 0.4) is 0 Å². The van der Waals surface area contributed by atoms with Gasteiger partial charge in [0, 0.05) is 5.02 Å². The lowest BCUT2D eigenvalue weighted by molar-refractivity contribution is -0.143. The van der Waals surface area contributed by atoms with Crippen LogP contribution in [0.2, 0.25) is 10.0 Å². The lowest BCUT2D eigenvalue weighted by Gasteiger charge is -2.19. The van der Waals surface area contributed by atoms with Gasteiger partial charge in [0.1, 0.15) is 13.2 Å². The fourth-order valence-corrected chi connectivity index (χ4v) is 2.73. The summed E-state index contributed by atoms with van der Waals surface area (Å²) < 4.78 is 5.18. The van der Waals surface area contributed by atoms with Gasteiger partial charge in [-0.3, -0.25) is 9.59 Å². The monoisotopic (exact) mass is 393 g/mol. The zero-order chi connectivity index (χ0) is 19.3. The third kappa shape index (κ3) is 5.75. The first-order valence-corrected chi connectivity index (χ1v) is 8.91. The molecule has 0 bridgehead atoms. The van der Waals surface area contributed by atoms with E-state index in [1.807, 2.05) is 24.3 Å². The molecule has 0 aromatic heterocycles. The summed E-state index contributed by atoms with van der Waals surface area (Å²) in [4.78, 5) is 23.9. The van der Waals surface area contributed by atoms with Crippen molar-refractivity contribution < 1.29 is 14.3 Å². The summed E-state index contributed by atoms with van der Waals surface area (Å²) in [5, 5.41) is 3.14. The number of carbonyl (C=O) groups excluding carboxylic acids is 2. The van der Waals surface area contributed by atoms with Crippen molar-refractivity contribution in [3.05, 3.63) is 69.2 Å². The predicted octanol–water partition coefficient (Wildman–Crippen LogP) is 4.76. The summed E-state index contributed by atoms with van der Waals surface area (Å²) in [5.74, 6) is -0.985. The predicted molar refractivity (Wildman–Crippen MR) is 104 cm³/mol. The molecule has 1 N–H and O–H groups in total. The zero-order valence-corrected chi connectivity index (χ0v) is 16.4. The molecule has 0 atom stereocenters. The Morgan fingerprint density at radius 2 is 1.69 bits per heavy atom. The molecule has 0 aliphatic carbocycles. The molecule has 0 fully saturated rings. The molecule has 0 saturated heterocycles. The maximum Gasteiger partial charge on any atom is 0.325 e. The number of hydrogen-bond acceptors (Lipinski definition) is 3. The molecule has 0 saturated carbocycles. The summed E-state index contributed by atoms with van der Waals surface area (Å²) in [5.41, 5.74) is 2.42. The fraction of sp³-hybridized carbons (Fsp3) is 0.300. The third-order valence-corrected chi connectivity index (χ3v) is 4.34. The summed E-state index contributed by atoms with van der Waals surface area (Å²) in [7, 11) is 0. The van der Waals surface area contributed by atoms with Crippen molar-refractivity contribution in [3.8, 4) is 0 Å². The molecule has 0 unspecified atom stereocenters. The molecule has 138 valence electrons. The van der Waals surface area contributed by atoms with Crippen LogP contribution in [0.25, 0.3) is 0 Å². The van der Waals surface area contributed by atoms with E-state index >= 15 is 0 Å². The molecule has 2 aromatic rings. The van der Waals surface area contributed by atoms with Crippen LogP contribution < -0.4 is 5.32 Å². The third-order valence-electron chi connectivity index (χ3n) is 3.79. The molecule has 2 rings (SSSR count). The van der Waals surface area contributed by atoms with E-state index in [2.05, 4.69) is 26.1 Å². The topological polar surface area (TPSA) is 55.4 Å². The minimum Gasteiger partial charge on any atom is -0.460 e. The van der Waals surface area contributed by atoms with Crippen LogP contribution in [0.4, 0.5) is 0 Å². The van der Waals surface area contributed by atoms with Gasteiger partial charge in [-0.1, -0.05) is 68.2 Å². The van der Waals surface area contributed by atoms with Crippen molar-refractivity contribution in [2.45, 2.75) is 32.8 Å². The molecule has 6 heteroatoms. The van der Waals surface area contributed by atoms with Gasteiger partial charge in [0.05, 0.1) is 10.6 Å². The van der Waals surface area contributed by atoms with Gasteiger partial charge in [-0.2, -0.15) is 0 Å². The maximum absolute atomic E-state index is 12.0. The Kier molecular flexibility index (Phi) is 6.68. The average Bonchev–Trinajstić information content (AvgIpc) is 2.57. The molecule has 0 radical (unpaired) electrons. The van der Waals surface area contributed by atoms with E-state index in [-0.39, 0.29) is 29.2 Å². The first-order valence-electron chi connectivity index (χ1n) is 8.15. The number of nitrogens with one attached hydrogen (secondary N) is 1. The standard InChI is InChI=1S/C20H21Cl2NO3/c1-20(2,3)14-6-4-13(5-7-14)12-26-18(24)11-23-19(25)16-9-8-15(21)10-17(16)22/h4-10H,11-12H2,1-3H3,(H,23,25). The summed E-state index contributed by atoms with van der Waals surface area (Å²) in [6.45, 7) is 6.33. The molecule has 0 aliphatic heterocycles. The van der Waals surface area contributed by atoms with Crippen LogP contribution in [-0.2, 0) is 21.6 Å². The lowest BCUT2D eigenvalue weighted by atomic mass is 9.87. The first-order chi connectivity index (χ1) is 12.2. The average molecular weight is 394 g/mol. The van der Waals surface area contributed by atoms with E-state index in [4.69, 9.17) is 27.9 Å². The molecule has 26 heavy (non-hydrogen) atoms. The number of esters is 1. The molecule has 0 aliphatic rings. The van der Waals surface area contributed by atoms with Crippen LogP contribution in [-0.4, -0.2) is 18.4 Å². The van der Waals surface area contributed by atoms with Gasteiger partial charge in [0.15, 0.2) is 0 Å². The molecule has 2 aromatic carbocycles. The van der Waals surface area contributed by atoms with Crippen LogP contribution in [0.1, 0.15) is 42.3 Å². The largest absolute Gasteiger partial charge is 0.460 e. The number of halogens is 2. The van der Waals surface area contributed by atoms with Crippen molar-refractivity contribution in [1.82, 2.24) is 5.32 Å². The van der Waals surface area contributed by atoms with Crippen LogP contribution in [0, 0.1) is 0 Å². The molecular formula is C20H21Cl2NO3. The van der Waals surface area contributed by atoms with Gasteiger partial charge >= 0.3 is 5.97 Å². The SMILES string of the molecule is CC(C)(C)c1ccc(COC(=O)CNC(=O)c2ccc(Cl)cc2Cl)cc1. The van der Waals surface area contributed by atoms with E-state index in [9.17, 15) is 9.59 Å². The smallest absolute Gasteiger partial charge is 0.325 e. The van der Waals surface area contributed by atoms with Crippen molar-refractivity contribution in [1.29, 1.82) is 0 Å².